The summed E-state index contributed by atoms with van der Waals surface area (Å²) >= 11 is 3.23. The average Bonchev–Trinajstić information content (AvgIpc) is 2.75. The van der Waals surface area contributed by atoms with Crippen molar-refractivity contribution in [2.45, 2.75) is 35.6 Å². The third kappa shape index (κ3) is 3.28. The Labute approximate surface area is 109 Å². The Bertz CT molecular complexity index is 482. The van der Waals surface area contributed by atoms with Crippen LogP contribution in [0.5, 0.6) is 0 Å². The highest BCUT2D eigenvalue weighted by atomic mass is 32.2. The second-order valence-corrected chi connectivity index (χ2v) is 5.88. The molecule has 0 spiro atoms. The normalized spacial score (nSPS) is 12.6. The number of nitrogens with zero attached hydrogens (tertiary/aromatic N) is 2. The summed E-state index contributed by atoms with van der Waals surface area (Å²) < 4.78 is 1.02. The van der Waals surface area contributed by atoms with E-state index in [4.69, 9.17) is 0 Å². The van der Waals surface area contributed by atoms with Gasteiger partial charge in [0.25, 0.3) is 0 Å². The van der Waals surface area contributed by atoms with Gasteiger partial charge in [0.15, 0.2) is 4.34 Å². The minimum Gasteiger partial charge on any atom is -0.387 e. The maximum atomic E-state index is 9.63. The summed E-state index contributed by atoms with van der Waals surface area (Å²) in [7, 11) is 0. The first-order valence-corrected chi connectivity index (χ1v) is 7.12. The van der Waals surface area contributed by atoms with Crippen molar-refractivity contribution in [2.24, 2.45) is 0 Å². The second-order valence-electron chi connectivity index (χ2n) is 3.70. The SMILES string of the molecule is CC[C@@H](O)c1ccc(Sc2nc(C)cs2)cn1. The molecule has 0 unspecified atom stereocenters. The molecule has 17 heavy (non-hydrogen) atoms. The van der Waals surface area contributed by atoms with Crippen molar-refractivity contribution in [2.75, 3.05) is 0 Å². The van der Waals surface area contributed by atoms with Crippen LogP contribution in [0, 0.1) is 6.92 Å². The number of hydrogen-bond acceptors (Lipinski definition) is 5. The Balaban J connectivity index is 2.08. The highest BCUT2D eigenvalue weighted by Gasteiger charge is 2.07. The average molecular weight is 266 g/mol. The van der Waals surface area contributed by atoms with Crippen molar-refractivity contribution in [3.8, 4) is 0 Å². The molecule has 0 aliphatic heterocycles. The highest BCUT2D eigenvalue weighted by molar-refractivity contribution is 8.01. The van der Waals surface area contributed by atoms with E-state index in [0.29, 0.717) is 6.42 Å². The summed E-state index contributed by atoms with van der Waals surface area (Å²) in [5.41, 5.74) is 1.77. The zero-order valence-corrected chi connectivity index (χ0v) is 11.4. The van der Waals surface area contributed by atoms with Gasteiger partial charge in [-0.1, -0.05) is 18.7 Å². The van der Waals surface area contributed by atoms with Crippen LogP contribution in [0.25, 0.3) is 0 Å². The van der Waals surface area contributed by atoms with E-state index < -0.39 is 6.10 Å². The van der Waals surface area contributed by atoms with Crippen LogP contribution in [0.3, 0.4) is 0 Å². The second kappa shape index (κ2) is 5.62. The van der Waals surface area contributed by atoms with Gasteiger partial charge in [0, 0.05) is 22.2 Å². The van der Waals surface area contributed by atoms with Gasteiger partial charge in [0.1, 0.15) is 0 Å². The predicted molar refractivity (Wildman–Crippen MR) is 70.5 cm³/mol. The Morgan fingerprint density at radius 3 is 2.82 bits per heavy atom. The van der Waals surface area contributed by atoms with Gasteiger partial charge >= 0.3 is 0 Å². The van der Waals surface area contributed by atoms with E-state index in [1.165, 1.54) is 0 Å². The van der Waals surface area contributed by atoms with E-state index >= 15 is 0 Å². The molecule has 0 aliphatic rings. The molecular formula is C12H14N2OS2. The third-order valence-electron chi connectivity index (χ3n) is 2.29. The zero-order valence-electron chi connectivity index (χ0n) is 9.75. The molecule has 1 N–H and O–H groups in total. The quantitative estimate of drug-likeness (QED) is 0.920. The van der Waals surface area contributed by atoms with E-state index in [0.717, 1.165) is 20.6 Å². The van der Waals surface area contributed by atoms with Crippen LogP contribution < -0.4 is 0 Å². The topological polar surface area (TPSA) is 46.0 Å². The zero-order chi connectivity index (χ0) is 12.3. The molecule has 0 amide bonds. The lowest BCUT2D eigenvalue weighted by Gasteiger charge is -2.06. The van der Waals surface area contributed by atoms with Gasteiger partial charge in [0.05, 0.1) is 11.8 Å². The molecule has 3 nitrogen and oxygen atoms in total. The minimum absolute atomic E-state index is 0.462. The molecular weight excluding hydrogens is 252 g/mol. The summed E-state index contributed by atoms with van der Waals surface area (Å²) in [4.78, 5) is 9.69. The molecule has 0 saturated heterocycles. The molecule has 0 aliphatic carbocycles. The molecule has 2 aromatic rings. The molecule has 5 heteroatoms. The van der Waals surface area contributed by atoms with E-state index in [1.54, 1.807) is 29.3 Å². The molecule has 0 fully saturated rings. The van der Waals surface area contributed by atoms with Crippen molar-refractivity contribution in [1.29, 1.82) is 0 Å². The predicted octanol–water partition coefficient (Wildman–Crippen LogP) is 3.44. The molecule has 0 aromatic carbocycles. The van der Waals surface area contributed by atoms with Gasteiger partial charge in [-0.25, -0.2) is 4.98 Å². The summed E-state index contributed by atoms with van der Waals surface area (Å²) in [6.45, 7) is 3.92. The van der Waals surface area contributed by atoms with Crippen LogP contribution in [0.1, 0.15) is 30.8 Å². The number of aliphatic hydroxyl groups is 1. The van der Waals surface area contributed by atoms with E-state index in [1.807, 2.05) is 31.4 Å². The van der Waals surface area contributed by atoms with E-state index in [2.05, 4.69) is 9.97 Å². The van der Waals surface area contributed by atoms with Gasteiger partial charge in [-0.2, -0.15) is 0 Å². The summed E-state index contributed by atoms with van der Waals surface area (Å²) in [6, 6.07) is 3.85. The van der Waals surface area contributed by atoms with Gasteiger partial charge in [-0.3, -0.25) is 4.98 Å². The Morgan fingerprint density at radius 2 is 2.29 bits per heavy atom. The molecule has 0 radical (unpaired) electrons. The standard InChI is InChI=1S/C12H14N2OS2/c1-3-11(15)10-5-4-9(6-13-10)17-12-14-8(2)7-16-12/h4-7,11,15H,3H2,1-2H3/t11-/m1/s1. The number of rotatable bonds is 4. The van der Waals surface area contributed by atoms with Crippen LogP contribution >= 0.6 is 23.1 Å². The van der Waals surface area contributed by atoms with Crippen LogP contribution in [0.2, 0.25) is 0 Å². The monoisotopic (exact) mass is 266 g/mol. The smallest absolute Gasteiger partial charge is 0.154 e. The molecule has 90 valence electrons. The van der Waals surface area contributed by atoms with Crippen molar-refractivity contribution in [3.05, 3.63) is 35.1 Å². The molecule has 2 rings (SSSR count). The Morgan fingerprint density at radius 1 is 1.47 bits per heavy atom. The first-order chi connectivity index (χ1) is 8.19. The van der Waals surface area contributed by atoms with Crippen molar-refractivity contribution < 1.29 is 5.11 Å². The van der Waals surface area contributed by atoms with Crippen LogP contribution in [0.15, 0.2) is 32.9 Å². The molecule has 2 heterocycles. The highest BCUT2D eigenvalue weighted by Crippen LogP contribution is 2.30. The van der Waals surface area contributed by atoms with Gasteiger partial charge < -0.3 is 5.11 Å². The first-order valence-electron chi connectivity index (χ1n) is 5.43. The number of pyridine rings is 1. The number of aryl methyl sites for hydroxylation is 1. The number of aliphatic hydroxyl groups excluding tert-OH is 1. The molecule has 2 aromatic heterocycles. The molecule has 1 atom stereocenters. The fourth-order valence-electron chi connectivity index (χ4n) is 1.34. The van der Waals surface area contributed by atoms with Crippen molar-refractivity contribution >= 4 is 23.1 Å². The maximum Gasteiger partial charge on any atom is 0.154 e. The van der Waals surface area contributed by atoms with Gasteiger partial charge in [0.2, 0.25) is 0 Å². The fraction of sp³-hybridized carbons (Fsp3) is 0.333. The summed E-state index contributed by atoms with van der Waals surface area (Å²) in [6.07, 6.45) is 2.01. The summed E-state index contributed by atoms with van der Waals surface area (Å²) in [5, 5.41) is 11.7. The van der Waals surface area contributed by atoms with Crippen molar-refractivity contribution in [3.63, 3.8) is 0 Å². The van der Waals surface area contributed by atoms with E-state index in [9.17, 15) is 5.11 Å². The van der Waals surface area contributed by atoms with Gasteiger partial charge in [-0.15, -0.1) is 11.3 Å². The van der Waals surface area contributed by atoms with Crippen LogP contribution in [-0.4, -0.2) is 15.1 Å². The lowest BCUT2D eigenvalue weighted by molar-refractivity contribution is 0.169. The van der Waals surface area contributed by atoms with Crippen molar-refractivity contribution in [1.82, 2.24) is 9.97 Å². The maximum absolute atomic E-state index is 9.63. The number of thiazole rings is 1. The van der Waals surface area contributed by atoms with E-state index in [-0.39, 0.29) is 0 Å². The van der Waals surface area contributed by atoms with Crippen LogP contribution in [0.4, 0.5) is 0 Å². The van der Waals surface area contributed by atoms with Gasteiger partial charge in [-0.05, 0) is 25.5 Å². The number of aromatic nitrogens is 2. The lowest BCUT2D eigenvalue weighted by Crippen LogP contribution is -1.97. The molecule has 0 bridgehead atoms. The lowest BCUT2D eigenvalue weighted by atomic mass is 10.2. The Kier molecular flexibility index (Phi) is 4.15. The van der Waals surface area contributed by atoms with Crippen LogP contribution in [-0.2, 0) is 0 Å². The minimum atomic E-state index is -0.462. The third-order valence-corrected chi connectivity index (χ3v) is 4.32. The molecule has 0 saturated carbocycles. The number of hydrogen-bond donors (Lipinski definition) is 1. The summed E-state index contributed by atoms with van der Waals surface area (Å²) in [5.74, 6) is 0. The first kappa shape index (κ1) is 12.5. The fourth-order valence-corrected chi connectivity index (χ4v) is 3.12. The largest absolute Gasteiger partial charge is 0.387 e. The Hall–Kier alpha value is -0.910.